The molecule has 0 unspecified atom stereocenters. The molecule has 1 heterocycles. The monoisotopic (exact) mass is 219 g/mol. The summed E-state index contributed by atoms with van der Waals surface area (Å²) >= 11 is 0. The van der Waals surface area contributed by atoms with Crippen LogP contribution in [0, 0.1) is 0 Å². The molecule has 3 aromatic rings. The summed E-state index contributed by atoms with van der Waals surface area (Å²) in [4.78, 5) is 2.41. The average molecular weight is 219 g/mol. The first-order valence-corrected chi connectivity index (χ1v) is 6.08. The van der Waals surface area contributed by atoms with Gasteiger partial charge in [0, 0.05) is 24.2 Å². The Morgan fingerprint density at radius 1 is 0.706 bits per heavy atom. The van der Waals surface area contributed by atoms with E-state index in [4.69, 9.17) is 0 Å². The molecule has 1 nitrogen and oxygen atoms in total. The lowest BCUT2D eigenvalue weighted by molar-refractivity contribution is 1.42. The fraction of sp³-hybridized carbons (Fsp3) is 0.125. The molecule has 17 heavy (non-hydrogen) atoms. The van der Waals surface area contributed by atoms with E-state index in [1.165, 1.54) is 40.3 Å². The number of anilines is 1. The van der Waals surface area contributed by atoms with Crippen molar-refractivity contribution in [3.8, 4) is 0 Å². The van der Waals surface area contributed by atoms with Gasteiger partial charge in [-0.1, -0.05) is 36.4 Å². The molecule has 1 aliphatic heterocycles. The van der Waals surface area contributed by atoms with Crippen LogP contribution in [0.4, 0.5) is 5.69 Å². The molecule has 1 saturated heterocycles. The van der Waals surface area contributed by atoms with E-state index in [1.54, 1.807) is 0 Å². The van der Waals surface area contributed by atoms with Crippen molar-refractivity contribution >= 4 is 27.2 Å². The topological polar surface area (TPSA) is 3.01 Å². The first kappa shape index (κ1) is 9.06. The third kappa shape index (κ3) is 1.39. The van der Waals surface area contributed by atoms with Crippen LogP contribution in [-0.2, 0) is 0 Å². The van der Waals surface area contributed by atoms with Gasteiger partial charge in [-0.2, -0.15) is 0 Å². The molecular formula is C16H13N. The summed E-state index contributed by atoms with van der Waals surface area (Å²) in [5.41, 5.74) is 1.38. The van der Waals surface area contributed by atoms with E-state index in [0.717, 1.165) is 0 Å². The average Bonchev–Trinajstić information content (AvgIpc) is 3.20. The van der Waals surface area contributed by atoms with Crippen LogP contribution in [0.1, 0.15) is 0 Å². The lowest BCUT2D eigenvalue weighted by Crippen LogP contribution is -1.91. The number of rotatable bonds is 1. The predicted molar refractivity (Wildman–Crippen MR) is 73.7 cm³/mol. The second-order valence-corrected chi connectivity index (χ2v) is 4.68. The lowest BCUT2D eigenvalue weighted by Gasteiger charge is -2.09. The summed E-state index contributed by atoms with van der Waals surface area (Å²) in [6.07, 6.45) is 0. The minimum Gasteiger partial charge on any atom is -0.367 e. The SMILES string of the molecule is c1ccc2cc3c(N4CC4)cccc3cc2c1. The van der Waals surface area contributed by atoms with E-state index in [2.05, 4.69) is 59.5 Å². The molecule has 82 valence electrons. The minimum atomic E-state index is 1.20. The van der Waals surface area contributed by atoms with Crippen molar-refractivity contribution in [2.45, 2.75) is 0 Å². The van der Waals surface area contributed by atoms with Gasteiger partial charge in [-0.25, -0.2) is 0 Å². The molecule has 0 aliphatic carbocycles. The highest BCUT2D eigenvalue weighted by atomic mass is 15.3. The molecule has 1 heteroatoms. The van der Waals surface area contributed by atoms with Gasteiger partial charge < -0.3 is 4.90 Å². The van der Waals surface area contributed by atoms with Gasteiger partial charge in [-0.15, -0.1) is 0 Å². The van der Waals surface area contributed by atoms with Gasteiger partial charge in [0.15, 0.2) is 0 Å². The largest absolute Gasteiger partial charge is 0.367 e. The Balaban J connectivity index is 2.12. The summed E-state index contributed by atoms with van der Waals surface area (Å²) in [5, 5.41) is 5.37. The first-order valence-electron chi connectivity index (χ1n) is 6.08. The minimum absolute atomic E-state index is 1.20. The molecule has 0 spiro atoms. The highest BCUT2D eigenvalue weighted by molar-refractivity contribution is 6.04. The zero-order chi connectivity index (χ0) is 11.2. The quantitative estimate of drug-likeness (QED) is 0.444. The molecule has 1 aliphatic rings. The summed E-state index contributed by atoms with van der Waals surface area (Å²) in [6.45, 7) is 2.40. The van der Waals surface area contributed by atoms with Crippen LogP contribution in [-0.4, -0.2) is 13.1 Å². The Hall–Kier alpha value is -2.02. The molecule has 0 bridgehead atoms. The molecule has 0 saturated carbocycles. The van der Waals surface area contributed by atoms with Crippen molar-refractivity contribution in [2.75, 3.05) is 18.0 Å². The molecule has 0 aromatic heterocycles. The zero-order valence-electron chi connectivity index (χ0n) is 9.56. The van der Waals surface area contributed by atoms with Gasteiger partial charge in [-0.3, -0.25) is 0 Å². The van der Waals surface area contributed by atoms with Crippen molar-refractivity contribution < 1.29 is 0 Å². The zero-order valence-corrected chi connectivity index (χ0v) is 9.56. The number of benzene rings is 3. The van der Waals surface area contributed by atoms with Crippen LogP contribution in [0.25, 0.3) is 21.5 Å². The van der Waals surface area contributed by atoms with E-state index in [1.807, 2.05) is 0 Å². The van der Waals surface area contributed by atoms with E-state index < -0.39 is 0 Å². The maximum absolute atomic E-state index is 2.41. The second kappa shape index (κ2) is 3.24. The van der Waals surface area contributed by atoms with E-state index in [-0.39, 0.29) is 0 Å². The van der Waals surface area contributed by atoms with E-state index >= 15 is 0 Å². The summed E-state index contributed by atoms with van der Waals surface area (Å²) in [7, 11) is 0. The predicted octanol–water partition coefficient (Wildman–Crippen LogP) is 3.81. The van der Waals surface area contributed by atoms with Gasteiger partial charge in [0.05, 0.1) is 0 Å². The highest BCUT2D eigenvalue weighted by Gasteiger charge is 2.19. The first-order chi connectivity index (χ1) is 8.42. The van der Waals surface area contributed by atoms with Crippen molar-refractivity contribution in [2.24, 2.45) is 0 Å². The van der Waals surface area contributed by atoms with Gasteiger partial charge in [0.25, 0.3) is 0 Å². The molecule has 4 rings (SSSR count). The van der Waals surface area contributed by atoms with Crippen LogP contribution in [0.2, 0.25) is 0 Å². The molecule has 3 aromatic carbocycles. The molecule has 0 N–H and O–H groups in total. The summed E-state index contributed by atoms with van der Waals surface area (Å²) in [5.74, 6) is 0. The molecule has 0 atom stereocenters. The Morgan fingerprint density at radius 3 is 2.18 bits per heavy atom. The number of fused-ring (bicyclic) bond motifs is 2. The van der Waals surface area contributed by atoms with Gasteiger partial charge in [-0.05, 0) is 34.4 Å². The Morgan fingerprint density at radius 2 is 1.41 bits per heavy atom. The van der Waals surface area contributed by atoms with E-state index in [0.29, 0.717) is 0 Å². The maximum Gasteiger partial charge on any atom is 0.0447 e. The van der Waals surface area contributed by atoms with Crippen molar-refractivity contribution in [1.29, 1.82) is 0 Å². The summed E-state index contributed by atoms with van der Waals surface area (Å²) in [6, 6.07) is 19.8. The maximum atomic E-state index is 2.41. The molecule has 0 radical (unpaired) electrons. The van der Waals surface area contributed by atoms with Crippen LogP contribution in [0.15, 0.2) is 54.6 Å². The molecule has 0 amide bonds. The fourth-order valence-corrected chi connectivity index (χ4v) is 2.52. The molecule has 1 fully saturated rings. The van der Waals surface area contributed by atoms with Crippen molar-refractivity contribution in [3.63, 3.8) is 0 Å². The smallest absolute Gasteiger partial charge is 0.0447 e. The summed E-state index contributed by atoms with van der Waals surface area (Å²) < 4.78 is 0. The fourth-order valence-electron chi connectivity index (χ4n) is 2.52. The van der Waals surface area contributed by atoms with Crippen molar-refractivity contribution in [1.82, 2.24) is 0 Å². The van der Waals surface area contributed by atoms with Gasteiger partial charge in [0.2, 0.25) is 0 Å². The van der Waals surface area contributed by atoms with Crippen LogP contribution in [0.3, 0.4) is 0 Å². The number of nitrogens with zero attached hydrogens (tertiary/aromatic N) is 1. The van der Waals surface area contributed by atoms with Gasteiger partial charge >= 0.3 is 0 Å². The number of hydrogen-bond donors (Lipinski definition) is 0. The second-order valence-electron chi connectivity index (χ2n) is 4.68. The lowest BCUT2D eigenvalue weighted by atomic mass is 10.0. The van der Waals surface area contributed by atoms with Crippen molar-refractivity contribution in [3.05, 3.63) is 54.6 Å². The highest BCUT2D eigenvalue weighted by Crippen LogP contribution is 2.33. The Labute approximate surface area is 100 Å². The van der Waals surface area contributed by atoms with Crippen LogP contribution < -0.4 is 4.90 Å². The van der Waals surface area contributed by atoms with E-state index in [9.17, 15) is 0 Å². The number of hydrogen-bond acceptors (Lipinski definition) is 1. The van der Waals surface area contributed by atoms with Gasteiger partial charge in [0.1, 0.15) is 0 Å². The normalized spacial score (nSPS) is 14.5. The third-order valence-electron chi connectivity index (χ3n) is 3.51. The van der Waals surface area contributed by atoms with Crippen LogP contribution >= 0.6 is 0 Å². The standard InChI is InChI=1S/C16H13N/c1-2-5-13-11-15-14(10-12(13)4-1)6-3-7-16(15)17-8-9-17/h1-7,10-11H,8-9H2. The third-order valence-corrected chi connectivity index (χ3v) is 3.51. The molecular weight excluding hydrogens is 206 g/mol. The Kier molecular flexibility index (Phi) is 1.72. The van der Waals surface area contributed by atoms with Crippen LogP contribution in [0.5, 0.6) is 0 Å². The Bertz CT molecular complexity index is 711.